The number of carboxylic acids is 1. The van der Waals surface area contributed by atoms with Crippen LogP contribution in [0, 0.1) is 5.82 Å². The minimum atomic E-state index is -5.08. The zero-order valence-corrected chi connectivity index (χ0v) is 21.3. The molecular formula is C26H31F4N3O6. The van der Waals surface area contributed by atoms with Crippen LogP contribution in [0.4, 0.5) is 23.2 Å². The summed E-state index contributed by atoms with van der Waals surface area (Å²) in [5, 5.41) is 19.9. The molecule has 1 saturated heterocycles. The van der Waals surface area contributed by atoms with Gasteiger partial charge in [0.25, 0.3) is 0 Å². The normalized spacial score (nSPS) is 16.9. The molecule has 9 nitrogen and oxygen atoms in total. The Labute approximate surface area is 222 Å². The van der Waals surface area contributed by atoms with Crippen LogP contribution >= 0.6 is 0 Å². The predicted octanol–water partition coefficient (Wildman–Crippen LogP) is 3.34. The first kappa shape index (κ1) is 30.0. The number of carbonyl (C=O) groups is 2. The number of halogens is 4. The number of fused-ring (bicyclic) bond motifs is 1. The third-order valence-electron chi connectivity index (χ3n) is 6.31. The van der Waals surface area contributed by atoms with Crippen LogP contribution in [0.2, 0.25) is 0 Å². The standard InChI is InChI=1S/C24H30FN3O4.C2HF3O2/c1-16(29)13-27-21-4-3-20(30)11-23(21)31-15-19(26)14-28-8-6-24(7-9-28)12-17-10-18(25)2-5-22(17)32-24;3-2(4,5)1(6)7/h2-5,10-11,19,27,30H,6-9,12-15,26H2,1H3;(H,6,7)/t19-;/m1./s1. The van der Waals surface area contributed by atoms with E-state index in [2.05, 4.69) is 10.2 Å². The molecule has 5 N–H and O–H groups in total. The first-order valence-corrected chi connectivity index (χ1v) is 12.2. The molecule has 0 aromatic heterocycles. The number of alkyl halides is 3. The Bertz CT molecular complexity index is 1170. The maximum Gasteiger partial charge on any atom is 0.490 e. The van der Waals surface area contributed by atoms with E-state index in [9.17, 15) is 27.5 Å². The number of anilines is 1. The first-order valence-electron chi connectivity index (χ1n) is 12.2. The van der Waals surface area contributed by atoms with E-state index < -0.39 is 12.1 Å². The number of carboxylic acid groups (broad SMARTS) is 1. The zero-order chi connectivity index (χ0) is 28.8. The summed E-state index contributed by atoms with van der Waals surface area (Å²) in [6.45, 7) is 4.33. The molecule has 13 heteroatoms. The van der Waals surface area contributed by atoms with E-state index in [1.54, 1.807) is 18.2 Å². The fraction of sp³-hybridized carbons (Fsp3) is 0.462. The van der Waals surface area contributed by atoms with Gasteiger partial charge in [0.1, 0.15) is 41.1 Å². The smallest absolute Gasteiger partial charge is 0.490 e. The molecule has 0 amide bonds. The molecule has 0 bridgehead atoms. The van der Waals surface area contributed by atoms with Gasteiger partial charge < -0.3 is 35.6 Å². The molecule has 2 aromatic rings. The number of piperidine rings is 1. The van der Waals surface area contributed by atoms with Gasteiger partial charge in [0.05, 0.1) is 18.3 Å². The number of carbonyl (C=O) groups excluding carboxylic acids is 1. The van der Waals surface area contributed by atoms with Gasteiger partial charge in [0.2, 0.25) is 0 Å². The number of aliphatic carboxylic acids is 1. The van der Waals surface area contributed by atoms with Crippen molar-refractivity contribution in [3.8, 4) is 17.2 Å². The van der Waals surface area contributed by atoms with Crippen LogP contribution in [0.25, 0.3) is 0 Å². The van der Waals surface area contributed by atoms with Gasteiger partial charge in [-0.25, -0.2) is 9.18 Å². The van der Waals surface area contributed by atoms with E-state index in [1.807, 2.05) is 0 Å². The molecule has 214 valence electrons. The Hall–Kier alpha value is -3.58. The van der Waals surface area contributed by atoms with Crippen molar-refractivity contribution in [3.63, 3.8) is 0 Å². The quantitative estimate of drug-likeness (QED) is 0.285. The number of nitrogens with two attached hydrogens (primary N) is 1. The molecule has 2 aliphatic heterocycles. The fourth-order valence-corrected chi connectivity index (χ4v) is 4.40. The summed E-state index contributed by atoms with van der Waals surface area (Å²) in [5.74, 6) is -1.63. The average Bonchev–Trinajstić information content (AvgIpc) is 3.20. The molecule has 0 radical (unpaired) electrons. The van der Waals surface area contributed by atoms with Crippen LogP contribution in [0.3, 0.4) is 0 Å². The van der Waals surface area contributed by atoms with Gasteiger partial charge in [-0.15, -0.1) is 0 Å². The second kappa shape index (κ2) is 12.5. The molecule has 2 aromatic carbocycles. The summed E-state index contributed by atoms with van der Waals surface area (Å²) in [7, 11) is 0. The molecule has 0 saturated carbocycles. The Morgan fingerprint density at radius 3 is 2.49 bits per heavy atom. The van der Waals surface area contributed by atoms with E-state index in [-0.39, 0.29) is 42.1 Å². The lowest BCUT2D eigenvalue weighted by molar-refractivity contribution is -0.192. The molecule has 1 fully saturated rings. The van der Waals surface area contributed by atoms with Crippen molar-refractivity contribution in [2.45, 2.75) is 44.0 Å². The molecular weight excluding hydrogens is 526 g/mol. The largest absolute Gasteiger partial charge is 0.508 e. The highest BCUT2D eigenvalue weighted by Gasteiger charge is 2.42. The second-order valence-electron chi connectivity index (χ2n) is 9.62. The SMILES string of the molecule is CC(=O)CNc1ccc(O)cc1OC[C@H](N)CN1CCC2(CC1)Cc1cc(F)ccc1O2.O=C(O)C(F)(F)F. The molecule has 1 spiro atoms. The third kappa shape index (κ3) is 8.72. The van der Waals surface area contributed by atoms with Crippen molar-refractivity contribution in [1.82, 2.24) is 4.90 Å². The topological polar surface area (TPSA) is 134 Å². The summed E-state index contributed by atoms with van der Waals surface area (Å²) in [6, 6.07) is 9.25. The number of ketones is 1. The maximum atomic E-state index is 13.5. The van der Waals surface area contributed by atoms with Crippen LogP contribution < -0.4 is 20.5 Å². The van der Waals surface area contributed by atoms with Gasteiger partial charge in [0.15, 0.2) is 0 Å². The molecule has 2 heterocycles. The van der Waals surface area contributed by atoms with E-state index in [1.165, 1.54) is 25.1 Å². The molecule has 1 atom stereocenters. The minimum absolute atomic E-state index is 0.00284. The van der Waals surface area contributed by atoms with E-state index in [0.29, 0.717) is 18.0 Å². The van der Waals surface area contributed by atoms with E-state index in [4.69, 9.17) is 25.1 Å². The molecule has 39 heavy (non-hydrogen) atoms. The fourth-order valence-electron chi connectivity index (χ4n) is 4.40. The summed E-state index contributed by atoms with van der Waals surface area (Å²) >= 11 is 0. The molecule has 2 aliphatic rings. The van der Waals surface area contributed by atoms with Gasteiger partial charge in [-0.2, -0.15) is 13.2 Å². The van der Waals surface area contributed by atoms with E-state index >= 15 is 0 Å². The number of likely N-dealkylation sites (tertiary alicyclic amines) is 1. The monoisotopic (exact) mass is 557 g/mol. The first-order chi connectivity index (χ1) is 18.3. The summed E-state index contributed by atoms with van der Waals surface area (Å²) in [4.78, 5) is 22.4. The Morgan fingerprint density at radius 2 is 1.87 bits per heavy atom. The molecule has 4 rings (SSSR count). The van der Waals surface area contributed by atoms with Crippen molar-refractivity contribution in [2.75, 3.05) is 38.1 Å². The van der Waals surface area contributed by atoms with Crippen molar-refractivity contribution in [2.24, 2.45) is 5.73 Å². The molecule has 0 aliphatic carbocycles. The van der Waals surface area contributed by atoms with Gasteiger partial charge in [-0.05, 0) is 37.3 Å². The van der Waals surface area contributed by atoms with E-state index in [0.717, 1.165) is 43.7 Å². The highest BCUT2D eigenvalue weighted by Crippen LogP contribution is 2.41. The van der Waals surface area contributed by atoms with Crippen LogP contribution in [0.5, 0.6) is 17.2 Å². The number of hydrogen-bond donors (Lipinski definition) is 4. The lowest BCUT2D eigenvalue weighted by atomic mass is 9.87. The van der Waals surface area contributed by atoms with Gasteiger partial charge in [0, 0.05) is 50.5 Å². The van der Waals surface area contributed by atoms with Gasteiger partial charge >= 0.3 is 12.1 Å². The third-order valence-corrected chi connectivity index (χ3v) is 6.31. The molecule has 0 unspecified atom stereocenters. The number of nitrogens with one attached hydrogen (secondary N) is 1. The number of aromatic hydroxyl groups is 1. The lowest BCUT2D eigenvalue weighted by Crippen LogP contribution is -2.51. The van der Waals surface area contributed by atoms with Crippen molar-refractivity contribution in [3.05, 3.63) is 47.8 Å². The second-order valence-corrected chi connectivity index (χ2v) is 9.62. The number of phenolic OH excluding ortho intramolecular Hbond substituents is 1. The highest BCUT2D eigenvalue weighted by atomic mass is 19.4. The Kier molecular flexibility index (Phi) is 9.62. The zero-order valence-electron chi connectivity index (χ0n) is 21.3. The number of ether oxygens (including phenoxy) is 2. The number of phenols is 1. The number of nitrogens with zero attached hydrogens (tertiary/aromatic N) is 1. The Morgan fingerprint density at radius 1 is 1.21 bits per heavy atom. The number of rotatable bonds is 8. The van der Waals surface area contributed by atoms with Crippen LogP contribution in [-0.4, -0.2) is 77.5 Å². The number of hydrogen-bond acceptors (Lipinski definition) is 8. The summed E-state index contributed by atoms with van der Waals surface area (Å²) in [6.07, 6.45) is -2.61. The van der Waals surface area contributed by atoms with Crippen LogP contribution in [0.1, 0.15) is 25.3 Å². The number of benzene rings is 2. The lowest BCUT2D eigenvalue weighted by Gasteiger charge is -2.39. The average molecular weight is 558 g/mol. The van der Waals surface area contributed by atoms with Gasteiger partial charge in [-0.1, -0.05) is 0 Å². The van der Waals surface area contributed by atoms with Crippen molar-refractivity contribution >= 4 is 17.4 Å². The van der Waals surface area contributed by atoms with Crippen molar-refractivity contribution in [1.29, 1.82) is 0 Å². The van der Waals surface area contributed by atoms with Crippen molar-refractivity contribution < 1.29 is 46.8 Å². The van der Waals surface area contributed by atoms with Crippen LogP contribution in [-0.2, 0) is 16.0 Å². The maximum absolute atomic E-state index is 13.5. The predicted molar refractivity (Wildman–Crippen MR) is 134 cm³/mol. The van der Waals surface area contributed by atoms with Crippen LogP contribution in [0.15, 0.2) is 36.4 Å². The minimum Gasteiger partial charge on any atom is -0.508 e. The summed E-state index contributed by atoms with van der Waals surface area (Å²) in [5.41, 5.74) is 7.66. The Balaban J connectivity index is 0.000000532. The van der Waals surface area contributed by atoms with Gasteiger partial charge in [-0.3, -0.25) is 4.79 Å². The highest BCUT2D eigenvalue weighted by molar-refractivity contribution is 5.81. The summed E-state index contributed by atoms with van der Waals surface area (Å²) < 4.78 is 57.3. The number of Topliss-reactive ketones (excluding diaryl/α,β-unsaturated/α-hetero) is 1.